The molecule has 0 aliphatic carbocycles. The summed E-state index contributed by atoms with van der Waals surface area (Å²) in [6.45, 7) is 4.04. The minimum absolute atomic E-state index is 0.0518. The average Bonchev–Trinajstić information content (AvgIpc) is 2.77. The first-order valence-corrected chi connectivity index (χ1v) is 11.1. The highest BCUT2D eigenvalue weighted by Crippen LogP contribution is 2.22. The molecule has 4 N–H and O–H groups in total. The van der Waals surface area contributed by atoms with Crippen molar-refractivity contribution in [3.63, 3.8) is 0 Å². The Balaban J connectivity index is 1.45. The van der Waals surface area contributed by atoms with Gasteiger partial charge in [-0.15, -0.1) is 0 Å². The molecule has 5 heteroatoms. The van der Waals surface area contributed by atoms with Crippen LogP contribution in [0, 0.1) is 0 Å². The lowest BCUT2D eigenvalue weighted by Gasteiger charge is -2.14. The quantitative estimate of drug-likeness (QED) is 0.329. The highest BCUT2D eigenvalue weighted by atomic mass is 16.5. The first-order valence-electron chi connectivity index (χ1n) is 11.1. The van der Waals surface area contributed by atoms with Crippen molar-refractivity contribution in [2.75, 3.05) is 19.7 Å². The fourth-order valence-electron chi connectivity index (χ4n) is 3.38. The lowest BCUT2D eigenvalue weighted by molar-refractivity contribution is 0.0577. The monoisotopic (exact) mass is 415 g/mol. The molecule has 30 heavy (non-hydrogen) atoms. The molecule has 0 bridgehead atoms. The Morgan fingerprint density at radius 2 is 1.77 bits per heavy atom. The summed E-state index contributed by atoms with van der Waals surface area (Å²) in [6, 6.07) is 15.4. The molecule has 0 aliphatic rings. The summed E-state index contributed by atoms with van der Waals surface area (Å²) >= 11 is 0. The third-order valence-corrected chi connectivity index (χ3v) is 5.33. The van der Waals surface area contributed by atoms with Crippen LogP contribution in [-0.2, 0) is 17.8 Å². The van der Waals surface area contributed by atoms with Crippen molar-refractivity contribution < 1.29 is 20.1 Å². The Kier molecular flexibility index (Phi) is 11.5. The fourth-order valence-corrected chi connectivity index (χ4v) is 3.38. The van der Waals surface area contributed by atoms with Crippen LogP contribution in [0.5, 0.6) is 5.75 Å². The van der Waals surface area contributed by atoms with E-state index in [0.717, 1.165) is 51.7 Å². The molecule has 0 radical (unpaired) electrons. The average molecular weight is 416 g/mol. The molecule has 2 aromatic carbocycles. The molecule has 5 nitrogen and oxygen atoms in total. The molecule has 0 amide bonds. The fraction of sp³-hybridized carbons (Fsp3) is 0.520. The highest BCUT2D eigenvalue weighted by molar-refractivity contribution is 5.36. The molecule has 0 spiro atoms. The maximum Gasteiger partial charge on any atom is 0.121 e. The zero-order valence-electron chi connectivity index (χ0n) is 18.1. The summed E-state index contributed by atoms with van der Waals surface area (Å²) in [4.78, 5) is 0. The maximum absolute atomic E-state index is 10.2. The van der Waals surface area contributed by atoms with Gasteiger partial charge in [0.2, 0.25) is 0 Å². The van der Waals surface area contributed by atoms with Crippen molar-refractivity contribution in [1.82, 2.24) is 5.32 Å². The highest BCUT2D eigenvalue weighted by Gasteiger charge is 2.10. The number of aliphatic hydroxyl groups excluding tert-OH is 2. The number of benzene rings is 2. The third-order valence-electron chi connectivity index (χ3n) is 5.33. The molecule has 0 aromatic heterocycles. The van der Waals surface area contributed by atoms with Crippen LogP contribution in [0.2, 0.25) is 0 Å². The number of hydrogen-bond donors (Lipinski definition) is 4. The molecule has 2 atom stereocenters. The van der Waals surface area contributed by atoms with Gasteiger partial charge in [0.15, 0.2) is 0 Å². The van der Waals surface area contributed by atoms with Crippen molar-refractivity contribution in [2.45, 2.75) is 64.3 Å². The zero-order valence-corrected chi connectivity index (χ0v) is 18.1. The Labute approximate surface area is 180 Å². The van der Waals surface area contributed by atoms with Crippen LogP contribution in [0.25, 0.3) is 0 Å². The zero-order chi connectivity index (χ0) is 21.6. The van der Waals surface area contributed by atoms with E-state index in [1.165, 1.54) is 11.6 Å². The van der Waals surface area contributed by atoms with Gasteiger partial charge >= 0.3 is 0 Å². The van der Waals surface area contributed by atoms with Gasteiger partial charge in [-0.25, -0.2) is 0 Å². The molecule has 0 unspecified atom stereocenters. The molecule has 2 aromatic rings. The number of nitrogens with one attached hydrogen (secondary N) is 1. The molecular formula is C25H37NO4. The first-order chi connectivity index (χ1) is 14.6. The molecular weight excluding hydrogens is 378 g/mol. The largest absolute Gasteiger partial charge is 0.508 e. The van der Waals surface area contributed by atoms with Crippen molar-refractivity contribution in [2.24, 2.45) is 0 Å². The minimum atomic E-state index is -0.651. The number of phenols is 1. The SMILES string of the molecule is C[C@H](CCc1ccccc1)OCCCCCCNC[C@H](O)c1ccc(O)c(CO)c1. The van der Waals surface area contributed by atoms with Crippen LogP contribution in [0.1, 0.15) is 61.8 Å². The van der Waals surface area contributed by atoms with Gasteiger partial charge in [0, 0.05) is 18.7 Å². The Morgan fingerprint density at radius 3 is 2.53 bits per heavy atom. The molecule has 0 fully saturated rings. The van der Waals surface area contributed by atoms with Gasteiger partial charge < -0.3 is 25.4 Å². The van der Waals surface area contributed by atoms with Crippen LogP contribution in [0.4, 0.5) is 0 Å². The standard InChI is InChI=1S/C25H37NO4/c1-20(11-12-21-9-5-4-6-10-21)30-16-8-3-2-7-15-26-18-25(29)22-13-14-24(28)23(17-22)19-27/h4-6,9-10,13-14,17,20,25-29H,2-3,7-8,11-12,15-16,18-19H2,1H3/t20-,25+/m1/s1. The van der Waals surface area contributed by atoms with E-state index < -0.39 is 6.10 Å². The molecule has 2 rings (SSSR count). The van der Waals surface area contributed by atoms with Crippen molar-refractivity contribution in [3.8, 4) is 5.75 Å². The predicted octanol–water partition coefficient (Wildman–Crippen LogP) is 4.11. The van der Waals surface area contributed by atoms with E-state index in [9.17, 15) is 15.3 Å². The minimum Gasteiger partial charge on any atom is -0.508 e. The number of ether oxygens (including phenoxy) is 1. The van der Waals surface area contributed by atoms with E-state index in [1.54, 1.807) is 12.1 Å². The summed E-state index contributed by atoms with van der Waals surface area (Å²) < 4.78 is 5.91. The molecule has 0 heterocycles. The molecule has 0 saturated carbocycles. The second-order valence-electron chi connectivity index (χ2n) is 7.89. The van der Waals surface area contributed by atoms with E-state index in [-0.39, 0.29) is 12.4 Å². The van der Waals surface area contributed by atoms with Crippen LogP contribution in [-0.4, -0.2) is 41.1 Å². The van der Waals surface area contributed by atoms with Gasteiger partial charge in [0.1, 0.15) is 5.75 Å². The van der Waals surface area contributed by atoms with Crippen molar-refractivity contribution >= 4 is 0 Å². The normalized spacial score (nSPS) is 13.3. The summed E-state index contributed by atoms with van der Waals surface area (Å²) in [5.41, 5.74) is 2.50. The van der Waals surface area contributed by atoms with Gasteiger partial charge in [0.05, 0.1) is 18.8 Å². The number of aryl methyl sites for hydroxylation is 1. The van der Waals surface area contributed by atoms with Gasteiger partial charge in [-0.3, -0.25) is 0 Å². The Morgan fingerprint density at radius 1 is 1.00 bits per heavy atom. The topological polar surface area (TPSA) is 82.0 Å². The molecule has 166 valence electrons. The van der Waals surface area contributed by atoms with Crippen LogP contribution >= 0.6 is 0 Å². The molecule has 0 aliphatic heterocycles. The smallest absolute Gasteiger partial charge is 0.121 e. The molecule has 0 saturated heterocycles. The summed E-state index contributed by atoms with van der Waals surface area (Å²) in [6.07, 6.45) is 6.18. The second kappa shape index (κ2) is 14.1. The van der Waals surface area contributed by atoms with E-state index in [1.807, 2.05) is 6.07 Å². The summed E-state index contributed by atoms with van der Waals surface area (Å²) in [7, 11) is 0. The van der Waals surface area contributed by atoms with Crippen molar-refractivity contribution in [1.29, 1.82) is 0 Å². The number of unbranched alkanes of at least 4 members (excludes halogenated alkanes) is 3. The number of aromatic hydroxyl groups is 1. The van der Waals surface area contributed by atoms with Crippen molar-refractivity contribution in [3.05, 3.63) is 65.2 Å². The van der Waals surface area contributed by atoms with E-state index in [0.29, 0.717) is 23.8 Å². The van der Waals surface area contributed by atoms with Crippen LogP contribution in [0.15, 0.2) is 48.5 Å². The van der Waals surface area contributed by atoms with Gasteiger partial charge in [0.25, 0.3) is 0 Å². The summed E-state index contributed by atoms with van der Waals surface area (Å²) in [5, 5.41) is 32.3. The summed E-state index contributed by atoms with van der Waals surface area (Å²) in [5.74, 6) is 0.0518. The van der Waals surface area contributed by atoms with E-state index >= 15 is 0 Å². The number of hydrogen-bond acceptors (Lipinski definition) is 5. The lowest BCUT2D eigenvalue weighted by atomic mass is 10.1. The van der Waals surface area contributed by atoms with Crippen LogP contribution in [0.3, 0.4) is 0 Å². The first kappa shape index (κ1) is 24.4. The maximum atomic E-state index is 10.2. The lowest BCUT2D eigenvalue weighted by Crippen LogP contribution is -2.22. The van der Waals surface area contributed by atoms with E-state index in [4.69, 9.17) is 4.74 Å². The van der Waals surface area contributed by atoms with Crippen LogP contribution < -0.4 is 5.32 Å². The van der Waals surface area contributed by atoms with E-state index in [2.05, 4.69) is 36.5 Å². The Hall–Kier alpha value is -1.92. The van der Waals surface area contributed by atoms with Gasteiger partial charge in [-0.1, -0.05) is 49.2 Å². The number of aliphatic hydroxyl groups is 2. The third kappa shape index (κ3) is 9.26. The predicted molar refractivity (Wildman–Crippen MR) is 121 cm³/mol. The van der Waals surface area contributed by atoms with Gasteiger partial charge in [-0.05, 0) is 62.4 Å². The Bertz CT molecular complexity index is 708. The number of rotatable bonds is 15. The second-order valence-corrected chi connectivity index (χ2v) is 7.89. The van der Waals surface area contributed by atoms with Gasteiger partial charge in [-0.2, -0.15) is 0 Å².